The monoisotopic (exact) mass is 570 g/mol. The Bertz CT molecular complexity index is 1410. The highest BCUT2D eigenvalue weighted by Crippen LogP contribution is 2.31. The third kappa shape index (κ3) is 7.03. The average Bonchev–Trinajstić information content (AvgIpc) is 3.38. The largest absolute Gasteiger partial charge is 0.391 e. The van der Waals surface area contributed by atoms with Crippen molar-refractivity contribution >= 4 is 23.6 Å². The number of amides is 4. The van der Waals surface area contributed by atoms with E-state index in [1.807, 2.05) is 98.8 Å². The zero-order valence-corrected chi connectivity index (χ0v) is 24.1. The molecule has 1 heterocycles. The van der Waals surface area contributed by atoms with E-state index in [1.54, 1.807) is 0 Å². The molecule has 9 heteroatoms. The highest BCUT2D eigenvalue weighted by molar-refractivity contribution is 5.95. The van der Waals surface area contributed by atoms with Crippen molar-refractivity contribution in [2.75, 3.05) is 6.54 Å². The van der Waals surface area contributed by atoms with Gasteiger partial charge in [0, 0.05) is 31.7 Å². The normalized spacial score (nSPS) is 18.1. The fourth-order valence-corrected chi connectivity index (χ4v) is 5.45. The average molecular weight is 571 g/mol. The molecule has 9 nitrogen and oxygen atoms in total. The second kappa shape index (κ2) is 13.0. The number of hydrogen-bond acceptors (Lipinski definition) is 5. The molecule has 4 amide bonds. The number of hydrogen-bond donors (Lipinski definition) is 4. The van der Waals surface area contributed by atoms with Crippen LogP contribution in [0.25, 0.3) is 11.1 Å². The predicted octanol–water partition coefficient (Wildman–Crippen LogP) is 2.31. The molecule has 0 bridgehead atoms. The molecule has 42 heavy (non-hydrogen) atoms. The minimum atomic E-state index is -1.04. The van der Waals surface area contributed by atoms with E-state index in [9.17, 15) is 24.3 Å². The van der Waals surface area contributed by atoms with Gasteiger partial charge in [-0.3, -0.25) is 19.2 Å². The molecule has 3 aromatic rings. The number of carbonyl (C=O) groups is 4. The third-order valence-corrected chi connectivity index (χ3v) is 7.86. The van der Waals surface area contributed by atoms with E-state index in [4.69, 9.17) is 5.73 Å². The number of primary amides is 1. The van der Waals surface area contributed by atoms with Gasteiger partial charge < -0.3 is 26.4 Å². The maximum atomic E-state index is 13.9. The first-order valence-corrected chi connectivity index (χ1v) is 14.0. The zero-order valence-electron chi connectivity index (χ0n) is 24.1. The molecule has 5 N–H and O–H groups in total. The topological polar surface area (TPSA) is 142 Å². The van der Waals surface area contributed by atoms with Crippen LogP contribution >= 0.6 is 0 Å². The quantitative estimate of drug-likeness (QED) is 0.296. The minimum absolute atomic E-state index is 0.00656. The maximum Gasteiger partial charge on any atom is 0.246 e. The van der Waals surface area contributed by atoms with Crippen molar-refractivity contribution in [1.29, 1.82) is 0 Å². The number of nitrogens with two attached hydrogens (primary N) is 1. The second-order valence-electron chi connectivity index (χ2n) is 11.3. The van der Waals surface area contributed by atoms with Crippen LogP contribution in [0.15, 0.2) is 84.9 Å². The van der Waals surface area contributed by atoms with Gasteiger partial charge in [0.2, 0.25) is 23.6 Å². The van der Waals surface area contributed by atoms with Crippen LogP contribution in [0, 0.1) is 0 Å². The number of aliphatic hydroxyl groups excluding tert-OH is 1. The van der Waals surface area contributed by atoms with Gasteiger partial charge in [0.25, 0.3) is 0 Å². The first-order valence-electron chi connectivity index (χ1n) is 14.0. The fraction of sp³-hybridized carbons (Fsp3) is 0.333. The van der Waals surface area contributed by atoms with Crippen molar-refractivity contribution in [2.45, 2.75) is 63.3 Å². The lowest BCUT2D eigenvalue weighted by Crippen LogP contribution is -2.60. The Hall–Kier alpha value is -4.50. The molecule has 220 valence electrons. The first-order chi connectivity index (χ1) is 20.0. The van der Waals surface area contributed by atoms with Gasteiger partial charge in [-0.25, -0.2) is 0 Å². The summed E-state index contributed by atoms with van der Waals surface area (Å²) in [6.45, 7) is 4.93. The smallest absolute Gasteiger partial charge is 0.246 e. The summed E-state index contributed by atoms with van der Waals surface area (Å²) in [5, 5.41) is 16.0. The molecule has 0 unspecified atom stereocenters. The number of carbonyl (C=O) groups excluding carboxylic acids is 4. The Morgan fingerprint density at radius 1 is 0.905 bits per heavy atom. The van der Waals surface area contributed by atoms with Crippen molar-refractivity contribution in [2.24, 2.45) is 5.73 Å². The van der Waals surface area contributed by atoms with Crippen LogP contribution in [0.4, 0.5) is 0 Å². The molecule has 4 atom stereocenters. The highest BCUT2D eigenvalue weighted by Gasteiger charge is 2.46. The Balaban J connectivity index is 1.51. The molecule has 1 aliphatic rings. The lowest BCUT2D eigenvalue weighted by Gasteiger charge is -2.38. The molecule has 3 aromatic carbocycles. The van der Waals surface area contributed by atoms with E-state index < -0.39 is 53.3 Å². The Labute approximate surface area is 246 Å². The number of likely N-dealkylation sites (tertiary alicyclic amines) is 1. The van der Waals surface area contributed by atoms with Crippen LogP contribution in [0.5, 0.6) is 0 Å². The van der Waals surface area contributed by atoms with Crippen LogP contribution in [0.1, 0.15) is 38.3 Å². The molecule has 0 spiro atoms. The van der Waals surface area contributed by atoms with Crippen molar-refractivity contribution in [3.63, 3.8) is 0 Å². The van der Waals surface area contributed by atoms with E-state index in [0.717, 1.165) is 22.3 Å². The summed E-state index contributed by atoms with van der Waals surface area (Å²) in [5.41, 5.74) is 8.53. The molecule has 1 aliphatic heterocycles. The number of β-amino-alcohol motifs (C(OH)–C–C–N with tert-alkyl or cyclic N) is 1. The Morgan fingerprint density at radius 3 is 2.05 bits per heavy atom. The fourth-order valence-electron chi connectivity index (χ4n) is 5.45. The van der Waals surface area contributed by atoms with Crippen molar-refractivity contribution in [3.05, 3.63) is 96.1 Å². The van der Waals surface area contributed by atoms with Gasteiger partial charge in [0.05, 0.1) is 6.10 Å². The molecule has 0 aliphatic carbocycles. The third-order valence-electron chi connectivity index (χ3n) is 7.86. The van der Waals surface area contributed by atoms with E-state index in [0.29, 0.717) is 0 Å². The van der Waals surface area contributed by atoms with E-state index in [2.05, 4.69) is 10.6 Å². The van der Waals surface area contributed by atoms with Gasteiger partial charge in [-0.15, -0.1) is 0 Å². The van der Waals surface area contributed by atoms with Gasteiger partial charge >= 0.3 is 0 Å². The lowest BCUT2D eigenvalue weighted by atomic mass is 9.77. The molecule has 0 aromatic heterocycles. The summed E-state index contributed by atoms with van der Waals surface area (Å²) in [6, 6.07) is 23.7. The van der Waals surface area contributed by atoms with Gasteiger partial charge in [0.1, 0.15) is 18.1 Å². The number of nitrogens with zero attached hydrogens (tertiary/aromatic N) is 1. The van der Waals surface area contributed by atoms with Crippen LogP contribution in [-0.4, -0.2) is 64.4 Å². The standard InChI is InChI=1S/C33H38N4O5/c1-21(38)35-29(33(2,3)25-12-8-5-9-13-25)32(42)37-20-26(39)19-28(37)31(41)36-27(30(34)40)18-22-14-16-24(17-15-22)23-10-6-4-7-11-23/h4-17,26-29,39H,18-20H2,1-3H3,(H2,34,40)(H,35,38)(H,36,41)/t26-,27-,28+,29-/m1/s1. The van der Waals surface area contributed by atoms with Gasteiger partial charge in [-0.05, 0) is 22.3 Å². The van der Waals surface area contributed by atoms with Gasteiger partial charge in [-0.1, -0.05) is 98.8 Å². The molecule has 1 fully saturated rings. The van der Waals surface area contributed by atoms with Gasteiger partial charge in [-0.2, -0.15) is 0 Å². The maximum absolute atomic E-state index is 13.9. The summed E-state index contributed by atoms with van der Waals surface area (Å²) in [4.78, 5) is 53.3. The molecule has 4 rings (SSSR count). The number of aliphatic hydroxyl groups is 1. The summed E-state index contributed by atoms with van der Waals surface area (Å²) in [7, 11) is 0. The molecule has 1 saturated heterocycles. The summed E-state index contributed by atoms with van der Waals surface area (Å²) >= 11 is 0. The Kier molecular flexibility index (Phi) is 9.42. The molecule has 0 saturated carbocycles. The first kappa shape index (κ1) is 30.5. The molecular weight excluding hydrogens is 532 g/mol. The van der Waals surface area contributed by atoms with Crippen LogP contribution in [0.2, 0.25) is 0 Å². The molecule has 0 radical (unpaired) electrons. The molecular formula is C33H38N4O5. The summed E-state index contributed by atoms with van der Waals surface area (Å²) in [5.74, 6) is -2.20. The van der Waals surface area contributed by atoms with Gasteiger partial charge in [0.15, 0.2) is 0 Å². The van der Waals surface area contributed by atoms with E-state index >= 15 is 0 Å². The van der Waals surface area contributed by atoms with E-state index in [1.165, 1.54) is 11.8 Å². The number of rotatable bonds is 10. The minimum Gasteiger partial charge on any atom is -0.391 e. The zero-order chi connectivity index (χ0) is 30.4. The van der Waals surface area contributed by atoms with Crippen molar-refractivity contribution in [3.8, 4) is 11.1 Å². The van der Waals surface area contributed by atoms with E-state index in [-0.39, 0.29) is 19.4 Å². The number of benzene rings is 3. The predicted molar refractivity (Wildman–Crippen MR) is 160 cm³/mol. The van der Waals surface area contributed by atoms with Crippen LogP contribution in [0.3, 0.4) is 0 Å². The Morgan fingerprint density at radius 2 is 1.48 bits per heavy atom. The van der Waals surface area contributed by atoms with Crippen molar-refractivity contribution < 1.29 is 24.3 Å². The second-order valence-corrected chi connectivity index (χ2v) is 11.3. The summed E-state index contributed by atoms with van der Waals surface area (Å²) in [6.07, 6.45) is -0.789. The van der Waals surface area contributed by atoms with Crippen LogP contribution in [-0.2, 0) is 31.0 Å². The van der Waals surface area contributed by atoms with Crippen molar-refractivity contribution in [1.82, 2.24) is 15.5 Å². The number of nitrogens with one attached hydrogen (secondary N) is 2. The van der Waals surface area contributed by atoms with Crippen LogP contribution < -0.4 is 16.4 Å². The summed E-state index contributed by atoms with van der Waals surface area (Å²) < 4.78 is 0. The highest BCUT2D eigenvalue weighted by atomic mass is 16.3. The SMILES string of the molecule is CC(=O)N[C@H](C(=O)N1C[C@H](O)C[C@H]1C(=O)N[C@H](Cc1ccc(-c2ccccc2)cc1)C(N)=O)C(C)(C)c1ccccc1. The lowest BCUT2D eigenvalue weighted by molar-refractivity contribution is -0.143.